The molecule has 0 saturated heterocycles. The first-order valence-corrected chi connectivity index (χ1v) is 17.6. The van der Waals surface area contributed by atoms with Gasteiger partial charge in [0.25, 0.3) is 5.69 Å². The molecule has 3 aliphatic rings. The third-order valence-electron chi connectivity index (χ3n) is 9.45. The summed E-state index contributed by atoms with van der Waals surface area (Å²) < 4.78 is 20.1. The third kappa shape index (κ3) is 7.38. The van der Waals surface area contributed by atoms with Crippen LogP contribution in [0.3, 0.4) is 0 Å². The molecule has 2 aromatic rings. The first kappa shape index (κ1) is 34.9. The first-order valence-electron chi connectivity index (χ1n) is 16.6. The highest BCUT2D eigenvalue weighted by Gasteiger charge is 2.63. The Morgan fingerprint density at radius 3 is 2.60 bits per heavy atom. The number of aliphatic hydroxyl groups is 2. The summed E-state index contributed by atoms with van der Waals surface area (Å²) in [5.41, 5.74) is 2.90. The fourth-order valence-corrected chi connectivity index (χ4v) is 8.82. The zero-order chi connectivity index (χ0) is 33.4. The topological polar surface area (TPSA) is 133 Å². The summed E-state index contributed by atoms with van der Waals surface area (Å²) in [6.45, 7) is 6.67. The summed E-state index contributed by atoms with van der Waals surface area (Å²) in [6, 6.07) is 11.9. The number of nitrogens with zero attached hydrogens (tertiary/aromatic N) is 2. The van der Waals surface area contributed by atoms with Crippen LogP contribution < -0.4 is 9.47 Å². The van der Waals surface area contributed by atoms with Crippen molar-refractivity contribution in [2.75, 3.05) is 32.7 Å². The molecule has 0 unspecified atom stereocenters. The highest BCUT2D eigenvalue weighted by molar-refractivity contribution is 8.00. The fourth-order valence-electron chi connectivity index (χ4n) is 7.65. The highest BCUT2D eigenvalue weighted by Crippen LogP contribution is 2.62. The van der Waals surface area contributed by atoms with E-state index in [2.05, 4.69) is 24.7 Å². The van der Waals surface area contributed by atoms with E-state index in [9.17, 15) is 20.3 Å². The van der Waals surface area contributed by atoms with E-state index in [0.717, 1.165) is 60.5 Å². The number of rotatable bonds is 17. The van der Waals surface area contributed by atoms with Crippen LogP contribution in [-0.2, 0) is 9.57 Å². The molecule has 0 aromatic heterocycles. The molecule has 1 heterocycles. The van der Waals surface area contributed by atoms with Crippen LogP contribution in [0, 0.1) is 27.9 Å². The van der Waals surface area contributed by atoms with E-state index in [1.807, 2.05) is 18.2 Å². The number of hydrogen-bond acceptors (Lipinski definition) is 10. The monoisotopic (exact) mass is 666 g/mol. The Labute approximate surface area is 281 Å². The number of nitro groups is 1. The Kier molecular flexibility index (Phi) is 12.0. The second kappa shape index (κ2) is 16.1. The van der Waals surface area contributed by atoms with Gasteiger partial charge in [0.05, 0.1) is 34.5 Å². The number of hydrogen-bond donors (Lipinski definition) is 2. The number of unbranched alkanes of at least 4 members (excludes halogenated alkanes) is 2. The van der Waals surface area contributed by atoms with Crippen molar-refractivity contribution in [2.24, 2.45) is 22.9 Å². The SMILES string of the molecule is C=CCO[C@@]12Oc3ccc(Oc4cccc([N+](=O)[O-])c4)cc3[C@H]3[C@H](CCCCO)[C@@H](CCCCO)C=C(C(=NOC)C[C@@H]1SCC)[C@H]32. The molecule has 0 bridgehead atoms. The molecular weight excluding hydrogens is 620 g/mol. The number of aliphatic hydroxyl groups excluding tert-OH is 2. The van der Waals surface area contributed by atoms with Crippen LogP contribution in [0.2, 0.25) is 0 Å². The quantitative estimate of drug-likeness (QED) is 0.0767. The van der Waals surface area contributed by atoms with Crippen molar-refractivity contribution in [3.8, 4) is 17.2 Å². The van der Waals surface area contributed by atoms with Gasteiger partial charge in [0.1, 0.15) is 24.4 Å². The van der Waals surface area contributed by atoms with E-state index in [-0.39, 0.29) is 47.8 Å². The van der Waals surface area contributed by atoms with Crippen LogP contribution in [0.15, 0.2) is 71.9 Å². The molecule has 2 aromatic carbocycles. The molecule has 0 spiro atoms. The standard InChI is InChI=1S/C36H46N2O8S/c1-4-19-44-36-33(47-5-2)23-31(37-43-3)29-20-24(11-6-8-17-39)28(14-7-9-18-40)34(35(29)36)30-22-27(15-16-32(30)46-36)45-26-13-10-12-25(21-26)38(41)42/h4,10,12-13,15-16,20-22,24,28,33-35,39-40H,1,5-9,11,14,17-19,23H2,2-3H3/t24-,28+,33-,34+,35+,36+/m0/s1. The summed E-state index contributed by atoms with van der Waals surface area (Å²) in [6.07, 6.45) is 9.66. The Hall–Kier alpha value is -3.38. The van der Waals surface area contributed by atoms with Gasteiger partial charge >= 0.3 is 0 Å². The predicted octanol–water partition coefficient (Wildman–Crippen LogP) is 7.40. The third-order valence-corrected chi connectivity index (χ3v) is 10.7. The van der Waals surface area contributed by atoms with Crippen molar-refractivity contribution in [1.82, 2.24) is 0 Å². The van der Waals surface area contributed by atoms with Gasteiger partial charge in [0.2, 0.25) is 5.79 Å². The molecule has 2 N–H and O–H groups in total. The summed E-state index contributed by atoms with van der Waals surface area (Å²) in [4.78, 5) is 16.4. The number of ether oxygens (including phenoxy) is 3. The maximum Gasteiger partial charge on any atom is 0.273 e. The molecule has 254 valence electrons. The first-order chi connectivity index (χ1) is 22.9. The summed E-state index contributed by atoms with van der Waals surface area (Å²) >= 11 is 1.79. The number of allylic oxidation sites excluding steroid dienone is 1. The molecule has 1 fully saturated rings. The van der Waals surface area contributed by atoms with Crippen LogP contribution in [0.25, 0.3) is 0 Å². The zero-order valence-corrected chi connectivity index (χ0v) is 28.0. The number of non-ortho nitro benzene ring substituents is 1. The Bertz CT molecular complexity index is 1460. The lowest BCUT2D eigenvalue weighted by atomic mass is 9.56. The minimum atomic E-state index is -1.00. The van der Waals surface area contributed by atoms with E-state index < -0.39 is 10.7 Å². The van der Waals surface area contributed by atoms with Crippen molar-refractivity contribution in [3.05, 3.63) is 82.4 Å². The van der Waals surface area contributed by atoms with E-state index in [0.29, 0.717) is 30.9 Å². The van der Waals surface area contributed by atoms with Gasteiger partial charge in [-0.15, -0.1) is 6.58 Å². The number of oxime groups is 1. The van der Waals surface area contributed by atoms with Crippen molar-refractivity contribution in [2.45, 2.75) is 68.8 Å². The number of thioether (sulfide) groups is 1. The molecule has 1 saturated carbocycles. The minimum Gasteiger partial charge on any atom is -0.460 e. The van der Waals surface area contributed by atoms with E-state index in [1.165, 1.54) is 12.1 Å². The normalized spacial score (nSPS) is 26.9. The second-order valence-electron chi connectivity index (χ2n) is 12.2. The number of benzene rings is 2. The van der Waals surface area contributed by atoms with Gasteiger partial charge in [-0.25, -0.2) is 0 Å². The molecule has 11 heteroatoms. The van der Waals surface area contributed by atoms with Crippen LogP contribution in [0.5, 0.6) is 17.2 Å². The maximum atomic E-state index is 11.4. The molecule has 6 atom stereocenters. The van der Waals surface area contributed by atoms with Gasteiger partial charge in [-0.3, -0.25) is 10.1 Å². The lowest BCUT2D eigenvalue weighted by Crippen LogP contribution is -2.64. The molecule has 2 aliphatic carbocycles. The lowest BCUT2D eigenvalue weighted by Gasteiger charge is -2.58. The van der Waals surface area contributed by atoms with E-state index in [4.69, 9.17) is 19.0 Å². The molecule has 0 amide bonds. The van der Waals surface area contributed by atoms with Gasteiger partial charge in [0, 0.05) is 37.2 Å². The summed E-state index contributed by atoms with van der Waals surface area (Å²) in [7, 11) is 1.58. The molecular formula is C36H46N2O8S. The Morgan fingerprint density at radius 1 is 1.13 bits per heavy atom. The molecule has 47 heavy (non-hydrogen) atoms. The second-order valence-corrected chi connectivity index (χ2v) is 13.7. The molecule has 5 rings (SSSR count). The average Bonchev–Trinajstić information content (AvgIpc) is 3.07. The largest absolute Gasteiger partial charge is 0.460 e. The van der Waals surface area contributed by atoms with Crippen LogP contribution >= 0.6 is 11.8 Å². The zero-order valence-electron chi connectivity index (χ0n) is 27.2. The van der Waals surface area contributed by atoms with Gasteiger partial charge < -0.3 is 29.3 Å². The lowest BCUT2D eigenvalue weighted by molar-refractivity contribution is -0.384. The van der Waals surface area contributed by atoms with Crippen molar-refractivity contribution in [3.63, 3.8) is 0 Å². The Morgan fingerprint density at radius 2 is 1.89 bits per heavy atom. The summed E-state index contributed by atoms with van der Waals surface area (Å²) in [5, 5.41) is 35.3. The van der Waals surface area contributed by atoms with Crippen molar-refractivity contribution in [1.29, 1.82) is 0 Å². The Balaban J connectivity index is 1.69. The predicted molar refractivity (Wildman–Crippen MR) is 183 cm³/mol. The van der Waals surface area contributed by atoms with Gasteiger partial charge in [-0.1, -0.05) is 43.1 Å². The van der Waals surface area contributed by atoms with Gasteiger partial charge in [-0.2, -0.15) is 11.8 Å². The van der Waals surface area contributed by atoms with Crippen LogP contribution in [0.4, 0.5) is 5.69 Å². The molecule has 10 nitrogen and oxygen atoms in total. The average molecular weight is 667 g/mol. The van der Waals surface area contributed by atoms with E-state index in [1.54, 1.807) is 37.1 Å². The van der Waals surface area contributed by atoms with Crippen LogP contribution in [0.1, 0.15) is 63.4 Å². The number of nitro benzene ring substituents is 1. The molecule has 0 radical (unpaired) electrons. The van der Waals surface area contributed by atoms with Crippen LogP contribution in [-0.4, -0.2) is 64.6 Å². The minimum absolute atomic E-state index is 0.0451. The smallest absolute Gasteiger partial charge is 0.273 e. The highest BCUT2D eigenvalue weighted by atomic mass is 32.2. The summed E-state index contributed by atoms with van der Waals surface area (Å²) in [5.74, 6) is 1.57. The number of fused-ring (bicyclic) bond motifs is 2. The molecule has 1 aliphatic heterocycles. The maximum absolute atomic E-state index is 11.4. The van der Waals surface area contributed by atoms with E-state index >= 15 is 0 Å². The van der Waals surface area contributed by atoms with Gasteiger partial charge in [-0.05, 0) is 73.1 Å². The van der Waals surface area contributed by atoms with Gasteiger partial charge in [0.15, 0.2) is 0 Å². The fraction of sp³-hybridized carbons (Fsp3) is 0.528. The van der Waals surface area contributed by atoms with Crippen molar-refractivity contribution < 1.29 is 34.2 Å². The van der Waals surface area contributed by atoms with Crippen molar-refractivity contribution >= 4 is 23.2 Å².